The highest BCUT2D eigenvalue weighted by Crippen LogP contribution is 2.20. The Labute approximate surface area is 92.3 Å². The molecule has 0 saturated carbocycles. The van der Waals surface area contributed by atoms with Gasteiger partial charge in [-0.2, -0.15) is 0 Å². The van der Waals surface area contributed by atoms with Crippen LogP contribution in [0.4, 0.5) is 5.69 Å². The summed E-state index contributed by atoms with van der Waals surface area (Å²) in [5.74, 6) is 0. The van der Waals surface area contributed by atoms with Crippen molar-refractivity contribution in [2.75, 3.05) is 11.9 Å². The molecule has 1 aromatic rings. The summed E-state index contributed by atoms with van der Waals surface area (Å²) in [5.41, 5.74) is 2.11. The predicted molar refractivity (Wildman–Crippen MR) is 65.2 cm³/mol. The van der Waals surface area contributed by atoms with E-state index in [2.05, 4.69) is 38.2 Å². The smallest absolute Gasteiger partial charge is 0.0658 e. The first-order valence-corrected chi connectivity index (χ1v) is 5.55. The van der Waals surface area contributed by atoms with Crippen molar-refractivity contribution in [1.29, 1.82) is 0 Å². The van der Waals surface area contributed by atoms with E-state index in [4.69, 9.17) is 0 Å². The zero-order valence-corrected chi connectivity index (χ0v) is 9.88. The van der Waals surface area contributed by atoms with Crippen molar-refractivity contribution in [3.63, 3.8) is 0 Å². The molecular weight excluding hydrogens is 186 g/mol. The minimum atomic E-state index is -0.206. The monoisotopic (exact) mass is 207 g/mol. The van der Waals surface area contributed by atoms with Crippen molar-refractivity contribution in [3.8, 4) is 0 Å². The first kappa shape index (κ1) is 12.1. The number of hydrogen-bond acceptors (Lipinski definition) is 2. The summed E-state index contributed by atoms with van der Waals surface area (Å²) >= 11 is 0. The van der Waals surface area contributed by atoms with Crippen LogP contribution in [-0.4, -0.2) is 17.3 Å². The van der Waals surface area contributed by atoms with Crippen molar-refractivity contribution in [2.45, 2.75) is 39.2 Å². The van der Waals surface area contributed by atoms with Gasteiger partial charge in [-0.15, -0.1) is 0 Å². The van der Waals surface area contributed by atoms with Crippen molar-refractivity contribution < 1.29 is 5.11 Å². The van der Waals surface area contributed by atoms with Gasteiger partial charge in [-0.05, 0) is 38.0 Å². The second kappa shape index (κ2) is 5.17. The first-order chi connectivity index (χ1) is 7.09. The molecule has 0 spiro atoms. The van der Waals surface area contributed by atoms with Crippen LogP contribution in [0.25, 0.3) is 0 Å². The van der Waals surface area contributed by atoms with E-state index in [0.717, 1.165) is 18.5 Å². The number of anilines is 1. The van der Waals surface area contributed by atoms with Crippen molar-refractivity contribution in [3.05, 3.63) is 29.8 Å². The molecule has 0 fully saturated rings. The van der Waals surface area contributed by atoms with Gasteiger partial charge in [0.25, 0.3) is 0 Å². The second-order valence-corrected chi connectivity index (χ2v) is 4.46. The summed E-state index contributed by atoms with van der Waals surface area (Å²) in [5, 5.41) is 12.8. The van der Waals surface area contributed by atoms with Crippen molar-refractivity contribution >= 4 is 5.69 Å². The molecule has 0 aromatic heterocycles. The third-order valence-electron chi connectivity index (χ3n) is 2.61. The number of aliphatic hydroxyl groups is 1. The molecule has 0 aliphatic carbocycles. The average molecular weight is 207 g/mol. The summed E-state index contributed by atoms with van der Waals surface area (Å²) in [4.78, 5) is 0. The lowest BCUT2D eigenvalue weighted by Crippen LogP contribution is -2.38. The average Bonchev–Trinajstić information content (AvgIpc) is 2.18. The van der Waals surface area contributed by atoms with E-state index in [1.54, 1.807) is 0 Å². The molecule has 2 nitrogen and oxygen atoms in total. The number of aryl methyl sites for hydroxylation is 1. The SMILES string of the molecule is CCCC(C)(CO)Nc1cccc(C)c1. The zero-order chi connectivity index (χ0) is 11.3. The fourth-order valence-corrected chi connectivity index (χ4v) is 1.80. The molecule has 2 N–H and O–H groups in total. The molecule has 84 valence electrons. The molecule has 2 heteroatoms. The molecular formula is C13H21NO. The number of hydrogen-bond donors (Lipinski definition) is 2. The van der Waals surface area contributed by atoms with Gasteiger partial charge in [0.05, 0.1) is 12.1 Å². The Bertz CT molecular complexity index is 311. The van der Waals surface area contributed by atoms with E-state index in [-0.39, 0.29) is 12.1 Å². The fraction of sp³-hybridized carbons (Fsp3) is 0.538. The molecule has 0 radical (unpaired) electrons. The van der Waals surface area contributed by atoms with Gasteiger partial charge in [-0.25, -0.2) is 0 Å². The maximum atomic E-state index is 9.38. The summed E-state index contributed by atoms with van der Waals surface area (Å²) in [6, 6.07) is 8.24. The highest BCUT2D eigenvalue weighted by molar-refractivity contribution is 5.47. The van der Waals surface area contributed by atoms with E-state index in [1.807, 2.05) is 12.1 Å². The molecule has 0 aliphatic heterocycles. The molecule has 0 heterocycles. The Hall–Kier alpha value is -1.02. The third kappa shape index (κ3) is 3.56. The number of nitrogens with one attached hydrogen (secondary N) is 1. The molecule has 0 aliphatic rings. The van der Waals surface area contributed by atoms with Gasteiger partial charge in [0.15, 0.2) is 0 Å². The van der Waals surface area contributed by atoms with Gasteiger partial charge in [0.2, 0.25) is 0 Å². The summed E-state index contributed by atoms with van der Waals surface area (Å²) in [7, 11) is 0. The van der Waals surface area contributed by atoms with Crippen LogP contribution in [-0.2, 0) is 0 Å². The zero-order valence-electron chi connectivity index (χ0n) is 9.88. The van der Waals surface area contributed by atoms with Gasteiger partial charge in [0, 0.05) is 5.69 Å². The minimum Gasteiger partial charge on any atom is -0.394 e. The highest BCUT2D eigenvalue weighted by atomic mass is 16.3. The van der Waals surface area contributed by atoms with E-state index < -0.39 is 0 Å². The largest absolute Gasteiger partial charge is 0.394 e. The Morgan fingerprint density at radius 3 is 2.67 bits per heavy atom. The minimum absolute atomic E-state index is 0.161. The molecule has 1 unspecified atom stereocenters. The Morgan fingerprint density at radius 1 is 1.40 bits per heavy atom. The lowest BCUT2D eigenvalue weighted by atomic mass is 9.96. The highest BCUT2D eigenvalue weighted by Gasteiger charge is 2.21. The van der Waals surface area contributed by atoms with Crippen LogP contribution in [0, 0.1) is 6.92 Å². The van der Waals surface area contributed by atoms with Crippen LogP contribution in [0.15, 0.2) is 24.3 Å². The van der Waals surface area contributed by atoms with Gasteiger partial charge >= 0.3 is 0 Å². The lowest BCUT2D eigenvalue weighted by Gasteiger charge is -2.29. The molecule has 0 amide bonds. The van der Waals surface area contributed by atoms with Crippen LogP contribution in [0.1, 0.15) is 32.3 Å². The second-order valence-electron chi connectivity index (χ2n) is 4.46. The Balaban J connectivity index is 2.74. The van der Waals surface area contributed by atoms with Gasteiger partial charge in [-0.3, -0.25) is 0 Å². The van der Waals surface area contributed by atoms with Gasteiger partial charge in [-0.1, -0.05) is 25.5 Å². The number of benzene rings is 1. The van der Waals surface area contributed by atoms with Crippen LogP contribution in [0.3, 0.4) is 0 Å². The van der Waals surface area contributed by atoms with E-state index in [1.165, 1.54) is 5.56 Å². The molecule has 15 heavy (non-hydrogen) atoms. The lowest BCUT2D eigenvalue weighted by molar-refractivity contribution is 0.214. The van der Waals surface area contributed by atoms with Crippen LogP contribution >= 0.6 is 0 Å². The fourth-order valence-electron chi connectivity index (χ4n) is 1.80. The Morgan fingerprint density at radius 2 is 2.13 bits per heavy atom. The van der Waals surface area contributed by atoms with Gasteiger partial charge in [0.1, 0.15) is 0 Å². The normalized spacial score (nSPS) is 14.7. The molecule has 0 saturated heterocycles. The van der Waals surface area contributed by atoms with E-state index >= 15 is 0 Å². The number of rotatable bonds is 5. The van der Waals surface area contributed by atoms with Crippen LogP contribution in [0.5, 0.6) is 0 Å². The maximum Gasteiger partial charge on any atom is 0.0658 e. The maximum absolute atomic E-state index is 9.38. The first-order valence-electron chi connectivity index (χ1n) is 5.55. The third-order valence-corrected chi connectivity index (χ3v) is 2.61. The summed E-state index contributed by atoms with van der Waals surface area (Å²) < 4.78 is 0. The molecule has 1 aromatic carbocycles. The van der Waals surface area contributed by atoms with Gasteiger partial charge < -0.3 is 10.4 Å². The topological polar surface area (TPSA) is 32.3 Å². The summed E-state index contributed by atoms with van der Waals surface area (Å²) in [6.07, 6.45) is 2.04. The molecule has 1 rings (SSSR count). The van der Waals surface area contributed by atoms with Crippen molar-refractivity contribution in [1.82, 2.24) is 0 Å². The van der Waals surface area contributed by atoms with E-state index in [9.17, 15) is 5.11 Å². The number of aliphatic hydroxyl groups excluding tert-OH is 1. The molecule has 0 bridgehead atoms. The Kier molecular flexibility index (Phi) is 4.15. The molecule has 1 atom stereocenters. The quantitative estimate of drug-likeness (QED) is 0.778. The van der Waals surface area contributed by atoms with Crippen molar-refractivity contribution in [2.24, 2.45) is 0 Å². The summed E-state index contributed by atoms with van der Waals surface area (Å²) in [6.45, 7) is 6.42. The van der Waals surface area contributed by atoms with Crippen LogP contribution < -0.4 is 5.32 Å². The predicted octanol–water partition coefficient (Wildman–Crippen LogP) is 2.96. The van der Waals surface area contributed by atoms with Crippen LogP contribution in [0.2, 0.25) is 0 Å². The standard InChI is InChI=1S/C13H21NO/c1-4-8-13(3,10-15)14-12-7-5-6-11(2)9-12/h5-7,9,14-15H,4,8,10H2,1-3H3. The van der Waals surface area contributed by atoms with E-state index in [0.29, 0.717) is 0 Å².